The Bertz CT molecular complexity index is 603. The van der Waals surface area contributed by atoms with Gasteiger partial charge in [0.1, 0.15) is 0 Å². The van der Waals surface area contributed by atoms with Gasteiger partial charge in [0, 0.05) is 50.5 Å². The Morgan fingerprint density at radius 2 is 2.19 bits per heavy atom. The summed E-state index contributed by atoms with van der Waals surface area (Å²) >= 11 is 0. The Kier molecular flexibility index (Phi) is 5.58. The minimum absolute atomic E-state index is 0.345. The minimum Gasteiger partial charge on any atom is -0.342 e. The van der Waals surface area contributed by atoms with Crippen LogP contribution < -0.4 is 0 Å². The van der Waals surface area contributed by atoms with E-state index >= 15 is 0 Å². The summed E-state index contributed by atoms with van der Waals surface area (Å²) in [7, 11) is 0. The van der Waals surface area contributed by atoms with E-state index in [0.717, 1.165) is 31.6 Å². The molecule has 4 nitrogen and oxygen atoms in total. The predicted molar refractivity (Wildman–Crippen MR) is 104 cm³/mol. The van der Waals surface area contributed by atoms with Gasteiger partial charge in [-0.1, -0.05) is 25.8 Å². The number of hydrogen-bond acceptors (Lipinski definition) is 3. The van der Waals surface area contributed by atoms with Crippen LogP contribution >= 0.6 is 0 Å². The van der Waals surface area contributed by atoms with Gasteiger partial charge in [-0.15, -0.1) is 0 Å². The molecule has 4 rings (SSSR count). The minimum atomic E-state index is 0.345. The molecule has 1 aromatic rings. The van der Waals surface area contributed by atoms with E-state index in [4.69, 9.17) is 0 Å². The number of likely N-dealkylation sites (tertiary alicyclic amines) is 1. The molecular formula is C22H33N3O. The lowest BCUT2D eigenvalue weighted by Crippen LogP contribution is -2.62. The van der Waals surface area contributed by atoms with Gasteiger partial charge < -0.3 is 4.90 Å². The van der Waals surface area contributed by atoms with E-state index in [1.807, 2.05) is 12.3 Å². The molecule has 4 atom stereocenters. The van der Waals surface area contributed by atoms with Gasteiger partial charge in [0.2, 0.25) is 5.91 Å². The van der Waals surface area contributed by atoms with Gasteiger partial charge in [-0.3, -0.25) is 14.7 Å². The normalized spacial score (nSPS) is 31.5. The van der Waals surface area contributed by atoms with Gasteiger partial charge in [0.25, 0.3) is 0 Å². The first-order chi connectivity index (χ1) is 12.7. The van der Waals surface area contributed by atoms with Crippen LogP contribution in [0.4, 0.5) is 0 Å². The summed E-state index contributed by atoms with van der Waals surface area (Å²) in [4.78, 5) is 22.0. The number of pyridine rings is 1. The van der Waals surface area contributed by atoms with Crippen molar-refractivity contribution >= 4 is 5.91 Å². The molecule has 0 aromatic carbocycles. The highest BCUT2D eigenvalue weighted by Crippen LogP contribution is 2.40. The SMILES string of the molecule is CCC[C@H]1CCC[C@H]2[C@@H]3C[C@@H](CN(C(=O)CCc4cccnc4)C3)CN12. The highest BCUT2D eigenvalue weighted by atomic mass is 16.2. The Morgan fingerprint density at radius 3 is 3.00 bits per heavy atom. The Hall–Kier alpha value is -1.42. The quantitative estimate of drug-likeness (QED) is 0.811. The van der Waals surface area contributed by atoms with Gasteiger partial charge in [-0.05, 0) is 55.6 Å². The lowest BCUT2D eigenvalue weighted by Gasteiger charge is -2.55. The van der Waals surface area contributed by atoms with Crippen LogP contribution in [-0.4, -0.2) is 52.4 Å². The zero-order valence-electron chi connectivity index (χ0n) is 16.1. The van der Waals surface area contributed by atoms with Crippen LogP contribution in [0.5, 0.6) is 0 Å². The number of fused-ring (bicyclic) bond motifs is 4. The van der Waals surface area contributed by atoms with Crippen molar-refractivity contribution in [1.82, 2.24) is 14.8 Å². The monoisotopic (exact) mass is 355 g/mol. The molecule has 0 saturated carbocycles. The van der Waals surface area contributed by atoms with Gasteiger partial charge in [-0.2, -0.15) is 0 Å². The highest BCUT2D eigenvalue weighted by Gasteiger charge is 2.44. The molecule has 4 heteroatoms. The zero-order valence-corrected chi connectivity index (χ0v) is 16.1. The fourth-order valence-electron chi connectivity index (χ4n) is 5.71. The number of aryl methyl sites for hydroxylation is 1. The summed E-state index contributed by atoms with van der Waals surface area (Å²) in [5.41, 5.74) is 1.17. The molecule has 4 heterocycles. The fraction of sp³-hybridized carbons (Fsp3) is 0.727. The van der Waals surface area contributed by atoms with Crippen molar-refractivity contribution in [2.75, 3.05) is 19.6 Å². The summed E-state index contributed by atoms with van der Waals surface area (Å²) in [6.07, 6.45) is 13.2. The third-order valence-electron chi connectivity index (χ3n) is 6.84. The molecule has 1 amide bonds. The molecule has 2 bridgehead atoms. The van der Waals surface area contributed by atoms with E-state index in [1.165, 1.54) is 50.6 Å². The summed E-state index contributed by atoms with van der Waals surface area (Å²) in [6, 6.07) is 5.55. The summed E-state index contributed by atoms with van der Waals surface area (Å²) in [5.74, 6) is 1.73. The number of carbonyl (C=O) groups excluding carboxylic acids is 1. The average molecular weight is 356 g/mol. The summed E-state index contributed by atoms with van der Waals surface area (Å²) < 4.78 is 0. The van der Waals surface area contributed by atoms with E-state index in [-0.39, 0.29) is 0 Å². The molecule has 0 N–H and O–H groups in total. The lowest BCUT2D eigenvalue weighted by atomic mass is 9.74. The molecule has 0 aliphatic carbocycles. The summed E-state index contributed by atoms with van der Waals surface area (Å²) in [6.45, 7) is 5.50. The maximum atomic E-state index is 12.8. The molecule has 26 heavy (non-hydrogen) atoms. The number of nitrogens with zero attached hydrogens (tertiary/aromatic N) is 3. The molecule has 3 aliphatic rings. The second kappa shape index (κ2) is 8.08. The van der Waals surface area contributed by atoms with Crippen LogP contribution in [0.3, 0.4) is 0 Å². The molecule has 3 aliphatic heterocycles. The van der Waals surface area contributed by atoms with Gasteiger partial charge >= 0.3 is 0 Å². The van der Waals surface area contributed by atoms with Gasteiger partial charge in [0.05, 0.1) is 0 Å². The van der Waals surface area contributed by atoms with Gasteiger partial charge in [-0.25, -0.2) is 0 Å². The molecule has 0 spiro atoms. The topological polar surface area (TPSA) is 36.4 Å². The van der Waals surface area contributed by atoms with Crippen molar-refractivity contribution in [1.29, 1.82) is 0 Å². The number of carbonyl (C=O) groups is 1. The third kappa shape index (κ3) is 3.80. The zero-order chi connectivity index (χ0) is 17.9. The van der Waals surface area contributed by atoms with E-state index < -0.39 is 0 Å². The molecule has 0 unspecified atom stereocenters. The second-order valence-electron chi connectivity index (χ2n) is 8.66. The first kappa shape index (κ1) is 18.0. The summed E-state index contributed by atoms with van der Waals surface area (Å²) in [5, 5.41) is 0. The van der Waals surface area contributed by atoms with Crippen molar-refractivity contribution in [3.63, 3.8) is 0 Å². The molecule has 3 saturated heterocycles. The molecule has 0 radical (unpaired) electrons. The van der Waals surface area contributed by atoms with Crippen LogP contribution in [0.2, 0.25) is 0 Å². The molecule has 3 fully saturated rings. The van der Waals surface area contributed by atoms with Crippen LogP contribution in [0, 0.1) is 11.8 Å². The van der Waals surface area contributed by atoms with E-state index in [2.05, 4.69) is 27.8 Å². The predicted octanol–water partition coefficient (Wildman–Crippen LogP) is 3.52. The van der Waals surface area contributed by atoms with Crippen LogP contribution in [0.1, 0.15) is 57.4 Å². The third-order valence-corrected chi connectivity index (χ3v) is 6.84. The molecule has 1 aromatic heterocycles. The number of piperidine rings is 3. The average Bonchev–Trinajstić information content (AvgIpc) is 2.67. The highest BCUT2D eigenvalue weighted by molar-refractivity contribution is 5.76. The number of amides is 1. The van der Waals surface area contributed by atoms with Crippen molar-refractivity contribution in [3.05, 3.63) is 30.1 Å². The Balaban J connectivity index is 1.37. The van der Waals surface area contributed by atoms with Crippen molar-refractivity contribution in [2.45, 2.75) is 70.4 Å². The van der Waals surface area contributed by atoms with E-state index in [0.29, 0.717) is 24.2 Å². The van der Waals surface area contributed by atoms with Crippen molar-refractivity contribution in [3.8, 4) is 0 Å². The smallest absolute Gasteiger partial charge is 0.222 e. The number of aromatic nitrogens is 1. The standard InChI is InChI=1S/C22H33N3O/c1-2-5-20-7-3-8-21-19-12-18(15-25(20)21)14-24(16-19)22(26)10-9-17-6-4-11-23-13-17/h4,6,11,13,18-21H,2-3,5,7-10,12,14-16H2,1H3/t18-,19+,20-,21-/m0/s1. The number of hydrogen-bond donors (Lipinski definition) is 0. The first-order valence-corrected chi connectivity index (χ1v) is 10.7. The van der Waals surface area contributed by atoms with Crippen LogP contribution in [0.15, 0.2) is 24.5 Å². The Morgan fingerprint density at radius 1 is 1.27 bits per heavy atom. The fourth-order valence-corrected chi connectivity index (χ4v) is 5.71. The van der Waals surface area contributed by atoms with Gasteiger partial charge in [0.15, 0.2) is 0 Å². The van der Waals surface area contributed by atoms with Crippen molar-refractivity contribution in [2.24, 2.45) is 11.8 Å². The largest absolute Gasteiger partial charge is 0.342 e. The first-order valence-electron chi connectivity index (χ1n) is 10.7. The maximum absolute atomic E-state index is 12.8. The maximum Gasteiger partial charge on any atom is 0.222 e. The molecule has 142 valence electrons. The van der Waals surface area contributed by atoms with Crippen LogP contribution in [0.25, 0.3) is 0 Å². The lowest BCUT2D eigenvalue weighted by molar-refractivity contribution is -0.139. The molecular weight excluding hydrogens is 322 g/mol. The number of rotatable bonds is 5. The van der Waals surface area contributed by atoms with E-state index in [1.54, 1.807) is 6.20 Å². The van der Waals surface area contributed by atoms with Crippen LogP contribution in [-0.2, 0) is 11.2 Å². The van der Waals surface area contributed by atoms with Crippen molar-refractivity contribution < 1.29 is 4.79 Å². The van der Waals surface area contributed by atoms with E-state index in [9.17, 15) is 4.79 Å². The second-order valence-corrected chi connectivity index (χ2v) is 8.66. The Labute approximate surface area is 158 Å².